The van der Waals surface area contributed by atoms with Crippen molar-refractivity contribution >= 4 is 17.5 Å². The first-order chi connectivity index (χ1) is 15.2. The number of Topliss-reactive ketones (excluding diaryl/α,β-unsaturated/α-hetero) is 1. The minimum atomic E-state index is -4.34. The number of ketones is 1. The molecule has 1 aromatic rings. The highest BCUT2D eigenvalue weighted by Crippen LogP contribution is 2.36. The Kier molecular flexibility index (Phi) is 11.7. The standard InChI is InChI=1S/C23H27F3O3S.C2H6/c1-4-6-21(29-3)18(5-2)22-19(27)13-15(14-20(22)28)11-12-30-17-9-7-16(8-10-17)23(24,25)26;1-2/h5-10,15,27H,4,11-14H2,1-3H3;1-2H3/b18-5+,21-6+;. The molecule has 3 nitrogen and oxygen atoms in total. The molecule has 1 N–H and O–H groups in total. The van der Waals surface area contributed by atoms with Gasteiger partial charge in [0.1, 0.15) is 11.5 Å². The number of carbonyl (C=O) groups is 1. The van der Waals surface area contributed by atoms with Crippen LogP contribution in [-0.4, -0.2) is 23.8 Å². The van der Waals surface area contributed by atoms with Gasteiger partial charge in [-0.25, -0.2) is 0 Å². The van der Waals surface area contributed by atoms with Gasteiger partial charge >= 0.3 is 6.18 Å². The number of aliphatic hydroxyl groups is 1. The summed E-state index contributed by atoms with van der Waals surface area (Å²) in [7, 11) is 1.54. The molecule has 1 unspecified atom stereocenters. The molecule has 1 aliphatic rings. The van der Waals surface area contributed by atoms with E-state index in [4.69, 9.17) is 4.74 Å². The molecule has 2 rings (SSSR count). The summed E-state index contributed by atoms with van der Waals surface area (Å²) in [4.78, 5) is 13.5. The number of methoxy groups -OCH3 is 1. The predicted molar refractivity (Wildman–Crippen MR) is 125 cm³/mol. The van der Waals surface area contributed by atoms with Gasteiger partial charge in [-0.2, -0.15) is 13.2 Å². The van der Waals surface area contributed by atoms with Crippen molar-refractivity contribution in [2.75, 3.05) is 12.9 Å². The summed E-state index contributed by atoms with van der Waals surface area (Å²) in [5.41, 5.74) is 0.268. The maximum Gasteiger partial charge on any atom is 0.416 e. The summed E-state index contributed by atoms with van der Waals surface area (Å²) in [6.45, 7) is 7.77. The molecule has 0 heterocycles. The summed E-state index contributed by atoms with van der Waals surface area (Å²) in [6, 6.07) is 5.06. The van der Waals surface area contributed by atoms with E-state index in [9.17, 15) is 23.1 Å². The Morgan fingerprint density at radius 2 is 1.84 bits per heavy atom. The van der Waals surface area contributed by atoms with Gasteiger partial charge < -0.3 is 9.84 Å². The lowest BCUT2D eigenvalue weighted by atomic mass is 9.82. The minimum absolute atomic E-state index is 0.00227. The van der Waals surface area contributed by atoms with Gasteiger partial charge in [0.15, 0.2) is 5.78 Å². The number of thioether (sulfide) groups is 1. The molecule has 1 aliphatic carbocycles. The molecule has 0 aromatic heterocycles. The van der Waals surface area contributed by atoms with Crippen molar-refractivity contribution in [3.05, 3.63) is 64.6 Å². The van der Waals surface area contributed by atoms with Gasteiger partial charge in [0.2, 0.25) is 0 Å². The van der Waals surface area contributed by atoms with E-state index >= 15 is 0 Å². The van der Waals surface area contributed by atoms with Crippen LogP contribution >= 0.6 is 11.8 Å². The summed E-state index contributed by atoms with van der Waals surface area (Å²) in [5, 5.41) is 10.6. The van der Waals surface area contributed by atoms with Gasteiger partial charge in [-0.15, -0.1) is 11.8 Å². The zero-order valence-electron chi connectivity index (χ0n) is 19.4. The van der Waals surface area contributed by atoms with Crippen LogP contribution in [0.3, 0.4) is 0 Å². The van der Waals surface area contributed by atoms with Crippen molar-refractivity contribution in [3.63, 3.8) is 0 Å². The number of aliphatic hydroxyl groups excluding tert-OH is 1. The zero-order chi connectivity index (χ0) is 24.3. The van der Waals surface area contributed by atoms with Gasteiger partial charge in [-0.3, -0.25) is 4.79 Å². The predicted octanol–water partition coefficient (Wildman–Crippen LogP) is 7.89. The number of hydrogen-bond donors (Lipinski definition) is 1. The smallest absolute Gasteiger partial charge is 0.416 e. The van der Waals surface area contributed by atoms with E-state index in [1.165, 1.54) is 31.0 Å². The van der Waals surface area contributed by atoms with Crippen molar-refractivity contribution in [2.45, 2.75) is 64.5 Å². The van der Waals surface area contributed by atoms with Crippen molar-refractivity contribution in [1.29, 1.82) is 0 Å². The number of benzene rings is 1. The second-order valence-electron chi connectivity index (χ2n) is 7.06. The average Bonchev–Trinajstić information content (AvgIpc) is 2.76. The van der Waals surface area contributed by atoms with E-state index in [-0.39, 0.29) is 17.5 Å². The number of halogens is 3. The highest BCUT2D eigenvalue weighted by molar-refractivity contribution is 7.99. The third-order valence-corrected chi connectivity index (χ3v) is 5.98. The van der Waals surface area contributed by atoms with E-state index in [1.807, 2.05) is 26.8 Å². The topological polar surface area (TPSA) is 46.5 Å². The molecule has 0 saturated heterocycles. The van der Waals surface area contributed by atoms with Gasteiger partial charge in [0.05, 0.1) is 18.2 Å². The summed E-state index contributed by atoms with van der Waals surface area (Å²) in [5.74, 6) is 1.19. The number of hydrogen-bond acceptors (Lipinski definition) is 4. The summed E-state index contributed by atoms with van der Waals surface area (Å²) in [6.07, 6.45) is 1.45. The normalized spacial score (nSPS) is 17.8. The van der Waals surface area contributed by atoms with Crippen LogP contribution in [0, 0.1) is 5.92 Å². The first kappa shape index (κ1) is 27.9. The van der Waals surface area contributed by atoms with Crippen molar-refractivity contribution in [1.82, 2.24) is 0 Å². The largest absolute Gasteiger partial charge is 0.512 e. The number of rotatable bonds is 8. The molecule has 0 bridgehead atoms. The third-order valence-electron chi connectivity index (χ3n) is 4.93. The van der Waals surface area contributed by atoms with Crippen molar-refractivity contribution < 1.29 is 27.8 Å². The molecule has 1 atom stereocenters. The second-order valence-corrected chi connectivity index (χ2v) is 8.23. The van der Waals surface area contributed by atoms with Crippen LogP contribution in [0.5, 0.6) is 0 Å². The second kappa shape index (κ2) is 13.4. The van der Waals surface area contributed by atoms with Crippen LogP contribution in [0.4, 0.5) is 13.2 Å². The Labute approximate surface area is 193 Å². The van der Waals surface area contributed by atoms with Gasteiger partial charge in [0.25, 0.3) is 0 Å². The highest BCUT2D eigenvalue weighted by Gasteiger charge is 2.31. The van der Waals surface area contributed by atoms with E-state index < -0.39 is 11.7 Å². The van der Waals surface area contributed by atoms with E-state index in [0.29, 0.717) is 41.9 Å². The van der Waals surface area contributed by atoms with Crippen molar-refractivity contribution in [3.8, 4) is 0 Å². The third kappa shape index (κ3) is 7.76. The van der Waals surface area contributed by atoms with Crippen LogP contribution < -0.4 is 0 Å². The first-order valence-corrected chi connectivity index (χ1v) is 11.9. The lowest BCUT2D eigenvalue weighted by Gasteiger charge is -2.25. The Bertz CT molecular complexity index is 837. The summed E-state index contributed by atoms with van der Waals surface area (Å²) >= 11 is 1.45. The lowest BCUT2D eigenvalue weighted by molar-refractivity contribution is -0.137. The Morgan fingerprint density at radius 3 is 2.31 bits per heavy atom. The Balaban J connectivity index is 0.00000249. The van der Waals surface area contributed by atoms with Crippen LogP contribution in [0.15, 0.2) is 64.0 Å². The molecule has 0 saturated carbocycles. The van der Waals surface area contributed by atoms with Crippen molar-refractivity contribution in [2.24, 2.45) is 5.92 Å². The quantitative estimate of drug-likeness (QED) is 0.238. The molecule has 7 heteroatoms. The monoisotopic (exact) mass is 470 g/mol. The van der Waals surface area contributed by atoms with E-state index in [0.717, 1.165) is 23.4 Å². The average molecular weight is 471 g/mol. The molecular weight excluding hydrogens is 437 g/mol. The maximum atomic E-state index is 12.7. The Hall–Kier alpha value is -2.15. The molecule has 0 fully saturated rings. The van der Waals surface area contributed by atoms with E-state index in [1.54, 1.807) is 13.0 Å². The van der Waals surface area contributed by atoms with E-state index in [2.05, 4.69) is 0 Å². The van der Waals surface area contributed by atoms with Crippen LogP contribution in [0.1, 0.15) is 58.9 Å². The fourth-order valence-electron chi connectivity index (χ4n) is 3.46. The molecule has 178 valence electrons. The SMILES string of the molecule is C/C=C(C1=C(O)CC(CCSc2ccc(C(F)(F)F)cc2)CC1=O)\C(=C/CC)OC.CC. The molecule has 0 aliphatic heterocycles. The fraction of sp³-hybridized carbons (Fsp3) is 0.480. The molecular formula is C25H33F3O3S. The highest BCUT2D eigenvalue weighted by atomic mass is 32.2. The van der Waals surface area contributed by atoms with Crippen LogP contribution in [0.2, 0.25) is 0 Å². The summed E-state index contributed by atoms with van der Waals surface area (Å²) < 4.78 is 43.3. The molecule has 1 aromatic carbocycles. The fourth-order valence-corrected chi connectivity index (χ4v) is 4.48. The number of allylic oxidation sites excluding steroid dienone is 4. The van der Waals surface area contributed by atoms with Crippen LogP contribution in [-0.2, 0) is 15.7 Å². The number of ether oxygens (including phenoxy) is 1. The van der Waals surface area contributed by atoms with Gasteiger partial charge in [-0.05, 0) is 61.8 Å². The molecule has 0 radical (unpaired) electrons. The molecule has 32 heavy (non-hydrogen) atoms. The molecule has 0 amide bonds. The Morgan fingerprint density at radius 1 is 1.22 bits per heavy atom. The lowest BCUT2D eigenvalue weighted by Crippen LogP contribution is -2.22. The number of alkyl halides is 3. The first-order valence-electron chi connectivity index (χ1n) is 10.9. The van der Waals surface area contributed by atoms with Gasteiger partial charge in [-0.1, -0.05) is 26.8 Å². The minimum Gasteiger partial charge on any atom is -0.512 e. The zero-order valence-corrected chi connectivity index (χ0v) is 20.2. The van der Waals surface area contributed by atoms with Gasteiger partial charge in [0, 0.05) is 23.3 Å². The van der Waals surface area contributed by atoms with Crippen LogP contribution in [0.25, 0.3) is 0 Å². The maximum absolute atomic E-state index is 12.7. The number of carbonyl (C=O) groups excluding carboxylic acids is 1. The molecule has 0 spiro atoms.